The van der Waals surface area contributed by atoms with Gasteiger partial charge in [0.2, 0.25) is 0 Å². The highest BCUT2D eigenvalue weighted by molar-refractivity contribution is 7.98. The van der Waals surface area contributed by atoms with Crippen molar-refractivity contribution in [2.45, 2.75) is 11.4 Å². The maximum Gasteiger partial charge on any atom is 0.251 e. The van der Waals surface area contributed by atoms with E-state index in [1.165, 1.54) is 19.2 Å². The van der Waals surface area contributed by atoms with Crippen LogP contribution in [0.3, 0.4) is 0 Å². The van der Waals surface area contributed by atoms with Crippen molar-refractivity contribution in [1.82, 2.24) is 5.32 Å². The number of methoxy groups -OCH3 is 1. The Kier molecular flexibility index (Phi) is 4.78. The number of hydrogen-bond acceptors (Lipinski definition) is 4. The minimum atomic E-state index is -1.12. The third-order valence-corrected chi connectivity index (χ3v) is 5.27. The van der Waals surface area contributed by atoms with Crippen LogP contribution in [0.1, 0.15) is 21.5 Å². The number of rotatable bonds is 4. The molecule has 1 aliphatic heterocycles. The lowest BCUT2D eigenvalue weighted by molar-refractivity contribution is 0.0552. The normalized spacial score (nSPS) is 19.5. The monoisotopic (exact) mass is 347 g/mol. The topological polar surface area (TPSA) is 58.6 Å². The summed E-state index contributed by atoms with van der Waals surface area (Å²) in [4.78, 5) is 12.3. The summed E-state index contributed by atoms with van der Waals surface area (Å²) in [6.45, 7) is 0.0729. The molecule has 1 unspecified atom stereocenters. The van der Waals surface area contributed by atoms with Crippen LogP contribution in [0.25, 0.3) is 0 Å². The first-order valence-corrected chi connectivity index (χ1v) is 8.69. The lowest BCUT2D eigenvalue weighted by Gasteiger charge is -2.34. The molecule has 1 atom stereocenters. The molecule has 2 aromatic rings. The van der Waals surface area contributed by atoms with E-state index in [4.69, 9.17) is 4.74 Å². The molecule has 0 saturated carbocycles. The van der Waals surface area contributed by atoms with Crippen molar-refractivity contribution >= 4 is 17.7 Å². The molecule has 0 bridgehead atoms. The summed E-state index contributed by atoms with van der Waals surface area (Å²) in [6.07, 6.45) is 0. The number of halogens is 1. The van der Waals surface area contributed by atoms with Crippen molar-refractivity contribution in [3.8, 4) is 5.75 Å². The number of nitrogens with one attached hydrogen (secondary N) is 1. The molecule has 1 aliphatic rings. The largest absolute Gasteiger partial charge is 0.494 e. The molecule has 0 fully saturated rings. The predicted molar refractivity (Wildman–Crippen MR) is 91.8 cm³/mol. The maximum absolute atomic E-state index is 13.7. The Bertz CT molecular complexity index is 768. The van der Waals surface area contributed by atoms with Crippen LogP contribution in [0.2, 0.25) is 0 Å². The van der Waals surface area contributed by atoms with Gasteiger partial charge in [-0.2, -0.15) is 11.8 Å². The van der Waals surface area contributed by atoms with E-state index in [1.54, 1.807) is 11.8 Å². The van der Waals surface area contributed by atoms with Crippen molar-refractivity contribution in [3.63, 3.8) is 0 Å². The van der Waals surface area contributed by atoms with E-state index in [2.05, 4.69) is 5.32 Å². The average Bonchev–Trinajstić information content (AvgIpc) is 2.60. The number of amides is 1. The number of aliphatic hydroxyl groups is 1. The highest BCUT2D eigenvalue weighted by Gasteiger charge is 2.35. The molecule has 1 heterocycles. The van der Waals surface area contributed by atoms with E-state index in [9.17, 15) is 14.3 Å². The van der Waals surface area contributed by atoms with Gasteiger partial charge in [-0.25, -0.2) is 4.39 Å². The zero-order chi connectivity index (χ0) is 17.2. The molecular weight excluding hydrogens is 329 g/mol. The fraction of sp³-hybridized carbons (Fsp3) is 0.278. The molecule has 0 spiro atoms. The van der Waals surface area contributed by atoms with E-state index < -0.39 is 17.3 Å². The Balaban J connectivity index is 1.74. The molecule has 0 radical (unpaired) electrons. The summed E-state index contributed by atoms with van der Waals surface area (Å²) < 4.78 is 18.6. The number of carbonyl (C=O) groups is 1. The van der Waals surface area contributed by atoms with Crippen molar-refractivity contribution in [2.75, 3.05) is 19.4 Å². The second kappa shape index (κ2) is 6.83. The second-order valence-electron chi connectivity index (χ2n) is 5.71. The predicted octanol–water partition coefficient (Wildman–Crippen LogP) is 2.70. The van der Waals surface area contributed by atoms with Crippen molar-refractivity contribution in [2.24, 2.45) is 0 Å². The van der Waals surface area contributed by atoms with Gasteiger partial charge in [-0.1, -0.05) is 24.3 Å². The molecule has 0 saturated heterocycles. The van der Waals surface area contributed by atoms with Crippen molar-refractivity contribution in [1.29, 1.82) is 0 Å². The van der Waals surface area contributed by atoms with E-state index in [0.717, 1.165) is 22.9 Å². The van der Waals surface area contributed by atoms with Crippen LogP contribution in [-0.2, 0) is 11.4 Å². The van der Waals surface area contributed by atoms with Crippen LogP contribution in [0, 0.1) is 5.82 Å². The third-order valence-electron chi connectivity index (χ3n) is 4.07. The molecule has 0 aliphatic carbocycles. The minimum Gasteiger partial charge on any atom is -0.494 e. The number of carbonyl (C=O) groups excluding carboxylic acids is 1. The van der Waals surface area contributed by atoms with Gasteiger partial charge in [0.15, 0.2) is 11.6 Å². The average molecular weight is 347 g/mol. The molecular formula is C18H18FNO3S. The number of benzene rings is 2. The first-order valence-electron chi connectivity index (χ1n) is 7.54. The molecule has 0 aromatic heterocycles. The first-order chi connectivity index (χ1) is 11.5. The van der Waals surface area contributed by atoms with E-state index >= 15 is 0 Å². The Morgan fingerprint density at radius 3 is 2.92 bits per heavy atom. The summed E-state index contributed by atoms with van der Waals surface area (Å²) in [5, 5.41) is 13.6. The Labute approximate surface area is 144 Å². The standard InChI is InChI=1S/C18H18FNO3S/c1-23-16-7-6-12(8-15(16)19)17(21)20-10-18(22)11-24-9-13-4-2-3-5-14(13)18/h2-8,22H,9-11H2,1H3,(H,20,21). The van der Waals surface area contributed by atoms with Crippen LogP contribution >= 0.6 is 11.8 Å². The summed E-state index contributed by atoms with van der Waals surface area (Å²) in [5.41, 5.74) is 0.972. The van der Waals surface area contributed by atoms with Crippen LogP contribution in [-0.4, -0.2) is 30.4 Å². The zero-order valence-electron chi connectivity index (χ0n) is 13.2. The van der Waals surface area contributed by atoms with Crippen LogP contribution in [0.4, 0.5) is 4.39 Å². The zero-order valence-corrected chi connectivity index (χ0v) is 14.0. The molecule has 1 amide bonds. The van der Waals surface area contributed by atoms with Crippen LogP contribution in [0.15, 0.2) is 42.5 Å². The summed E-state index contributed by atoms with van der Waals surface area (Å²) in [6, 6.07) is 11.7. The molecule has 4 nitrogen and oxygen atoms in total. The smallest absolute Gasteiger partial charge is 0.251 e. The van der Waals surface area contributed by atoms with Gasteiger partial charge in [0.1, 0.15) is 5.60 Å². The SMILES string of the molecule is COc1ccc(C(=O)NCC2(O)CSCc3ccccc32)cc1F. The maximum atomic E-state index is 13.7. The number of ether oxygens (including phenoxy) is 1. The Morgan fingerprint density at radius 2 is 2.17 bits per heavy atom. The quantitative estimate of drug-likeness (QED) is 0.893. The van der Waals surface area contributed by atoms with Gasteiger partial charge in [0, 0.05) is 17.1 Å². The van der Waals surface area contributed by atoms with E-state index in [1.807, 2.05) is 24.3 Å². The lowest BCUT2D eigenvalue weighted by atomic mass is 9.91. The van der Waals surface area contributed by atoms with Gasteiger partial charge >= 0.3 is 0 Å². The molecule has 126 valence electrons. The minimum absolute atomic E-state index is 0.0729. The van der Waals surface area contributed by atoms with Crippen molar-refractivity contribution in [3.05, 3.63) is 65.0 Å². The first kappa shape index (κ1) is 16.8. The van der Waals surface area contributed by atoms with Crippen LogP contribution in [0.5, 0.6) is 5.75 Å². The molecule has 24 heavy (non-hydrogen) atoms. The Hall–Kier alpha value is -2.05. The molecule has 2 aromatic carbocycles. The Morgan fingerprint density at radius 1 is 1.38 bits per heavy atom. The van der Waals surface area contributed by atoms with Gasteiger partial charge in [-0.05, 0) is 29.3 Å². The lowest BCUT2D eigenvalue weighted by Crippen LogP contribution is -2.44. The van der Waals surface area contributed by atoms with E-state index in [0.29, 0.717) is 5.75 Å². The van der Waals surface area contributed by atoms with Gasteiger partial charge in [-0.3, -0.25) is 4.79 Å². The highest BCUT2D eigenvalue weighted by atomic mass is 32.2. The summed E-state index contributed by atoms with van der Waals surface area (Å²) in [7, 11) is 1.37. The van der Waals surface area contributed by atoms with Gasteiger partial charge in [0.25, 0.3) is 5.91 Å². The fourth-order valence-corrected chi connectivity index (χ4v) is 3.96. The molecule has 3 rings (SSSR count). The third kappa shape index (κ3) is 3.25. The molecule has 6 heteroatoms. The molecule has 2 N–H and O–H groups in total. The van der Waals surface area contributed by atoms with Gasteiger partial charge < -0.3 is 15.2 Å². The number of thioether (sulfide) groups is 1. The van der Waals surface area contributed by atoms with Crippen LogP contribution < -0.4 is 10.1 Å². The number of fused-ring (bicyclic) bond motifs is 1. The fourth-order valence-electron chi connectivity index (χ4n) is 2.79. The van der Waals surface area contributed by atoms with Crippen molar-refractivity contribution < 1.29 is 19.0 Å². The van der Waals surface area contributed by atoms with E-state index in [-0.39, 0.29) is 17.9 Å². The highest BCUT2D eigenvalue weighted by Crippen LogP contribution is 2.35. The van der Waals surface area contributed by atoms with Gasteiger partial charge in [0.05, 0.1) is 13.7 Å². The van der Waals surface area contributed by atoms with Gasteiger partial charge in [-0.15, -0.1) is 0 Å². The second-order valence-corrected chi connectivity index (χ2v) is 6.70. The summed E-state index contributed by atoms with van der Waals surface area (Å²) >= 11 is 1.62. The summed E-state index contributed by atoms with van der Waals surface area (Å²) in [5.74, 6) is 0.403. The number of hydrogen-bond donors (Lipinski definition) is 2.